The number of hydrogen-bond acceptors (Lipinski definition) is 12. The maximum Gasteiger partial charge on any atom is 0.412 e. The van der Waals surface area contributed by atoms with E-state index in [0.717, 1.165) is 48.5 Å². The van der Waals surface area contributed by atoms with Gasteiger partial charge in [0.2, 0.25) is 12.6 Å². The number of halogens is 4. The Labute approximate surface area is 309 Å². The first-order chi connectivity index (χ1) is 25.2. The van der Waals surface area contributed by atoms with Gasteiger partial charge in [-0.1, -0.05) is 13.2 Å². The molecule has 0 aromatic heterocycles. The Kier molecular flexibility index (Phi) is 17.2. The number of carbonyl (C=O) groups is 4. The van der Waals surface area contributed by atoms with Crippen molar-refractivity contribution in [1.82, 2.24) is 10.6 Å². The molecule has 0 heterocycles. The monoisotopic (exact) mass is 772 g/mol. The van der Waals surface area contributed by atoms with Crippen molar-refractivity contribution in [2.45, 2.75) is 78.4 Å². The molecule has 0 saturated heterocycles. The molecule has 4 atom stereocenters. The van der Waals surface area contributed by atoms with Gasteiger partial charge in [0.25, 0.3) is 0 Å². The van der Waals surface area contributed by atoms with Gasteiger partial charge >= 0.3 is 36.0 Å². The second kappa shape index (κ2) is 20.8. The van der Waals surface area contributed by atoms with Crippen LogP contribution >= 0.6 is 0 Å². The van der Waals surface area contributed by atoms with Crippen molar-refractivity contribution in [3.63, 3.8) is 0 Å². The van der Waals surface area contributed by atoms with Gasteiger partial charge in [-0.2, -0.15) is 17.6 Å². The number of nitrogens with one attached hydrogen (secondary N) is 2. The van der Waals surface area contributed by atoms with Crippen LogP contribution in [0.5, 0.6) is 11.5 Å². The van der Waals surface area contributed by atoms with Gasteiger partial charge < -0.3 is 37.9 Å². The molecule has 2 aromatic rings. The Morgan fingerprint density at radius 1 is 0.574 bits per heavy atom. The quantitative estimate of drug-likeness (QED) is 0.0357. The summed E-state index contributed by atoms with van der Waals surface area (Å²) in [6, 6.07) is 7.64. The predicted octanol–water partition coefficient (Wildman–Crippen LogP) is 6.44. The van der Waals surface area contributed by atoms with E-state index in [1.54, 1.807) is 0 Å². The number of amides is 2. The molecule has 4 unspecified atom stereocenters. The lowest BCUT2D eigenvalue weighted by molar-refractivity contribution is -0.223. The number of ether oxygens (including phenoxy) is 8. The smallest absolute Gasteiger partial charge is 0.412 e. The molecule has 2 N–H and O–H groups in total. The van der Waals surface area contributed by atoms with Gasteiger partial charge in [-0.15, -0.1) is 0 Å². The molecule has 0 fully saturated rings. The molecule has 2 rings (SSSR count). The van der Waals surface area contributed by atoms with Gasteiger partial charge in [-0.3, -0.25) is 10.6 Å². The lowest BCUT2D eigenvalue weighted by Gasteiger charge is -2.27. The Morgan fingerprint density at radius 2 is 0.889 bits per heavy atom. The van der Waals surface area contributed by atoms with Crippen LogP contribution < -0.4 is 20.1 Å². The van der Waals surface area contributed by atoms with Crippen molar-refractivity contribution in [3.05, 3.63) is 84.0 Å². The van der Waals surface area contributed by atoms with Crippen molar-refractivity contribution in [2.75, 3.05) is 26.4 Å². The first-order valence-corrected chi connectivity index (χ1v) is 16.4. The number of alkyl halides is 4. The fourth-order valence-corrected chi connectivity index (χ4v) is 3.98. The standard InChI is InChI=1S/C36H44F4N2O12/c1-21(2)31(43)51-23(5)41-33(45)53-25(7)47-17-19-49-29-13-9-27(10-14-29)35(37,38)36(39,40)28-11-15-30(16-12-28)50-20-18-48-26(8)54-34(46)42-24(6)52-32(44)22(3)4/h9-16,23-26H,1,3,17-20H2,2,4-8H3,(H,41,45)(H,42,46). The Morgan fingerprint density at radius 3 is 1.19 bits per heavy atom. The maximum atomic E-state index is 15.1. The molecular formula is C36H44F4N2O12. The van der Waals surface area contributed by atoms with E-state index in [1.165, 1.54) is 41.5 Å². The molecule has 298 valence electrons. The Bertz CT molecular complexity index is 1470. The number of alkyl carbamates (subject to hydrolysis) is 2. The van der Waals surface area contributed by atoms with Gasteiger partial charge in [0.1, 0.15) is 24.7 Å². The van der Waals surface area contributed by atoms with Gasteiger partial charge in [0.15, 0.2) is 12.5 Å². The number of carbonyl (C=O) groups excluding carboxylic acids is 4. The highest BCUT2D eigenvalue weighted by molar-refractivity contribution is 5.87. The molecule has 0 aliphatic heterocycles. The van der Waals surface area contributed by atoms with E-state index in [1.807, 2.05) is 0 Å². The van der Waals surface area contributed by atoms with Crippen molar-refractivity contribution in [1.29, 1.82) is 0 Å². The van der Waals surface area contributed by atoms with Crippen molar-refractivity contribution in [3.8, 4) is 11.5 Å². The summed E-state index contributed by atoms with van der Waals surface area (Å²) in [6.07, 6.45) is -5.91. The molecule has 2 aromatic carbocycles. The molecule has 2 amide bonds. The van der Waals surface area contributed by atoms with Crippen LogP contribution in [-0.4, -0.2) is 75.6 Å². The van der Waals surface area contributed by atoms with Crippen molar-refractivity contribution < 1.29 is 74.6 Å². The molecule has 0 spiro atoms. The molecule has 0 radical (unpaired) electrons. The normalized spacial score (nSPS) is 13.6. The summed E-state index contributed by atoms with van der Waals surface area (Å²) in [5, 5.41) is 4.55. The zero-order valence-corrected chi connectivity index (χ0v) is 30.6. The van der Waals surface area contributed by atoms with Crippen LogP contribution in [0.15, 0.2) is 72.8 Å². The Hall–Kier alpha value is -5.36. The van der Waals surface area contributed by atoms with Crippen molar-refractivity contribution in [2.24, 2.45) is 0 Å². The van der Waals surface area contributed by atoms with Crippen LogP contribution in [0.4, 0.5) is 27.2 Å². The van der Waals surface area contributed by atoms with E-state index in [0.29, 0.717) is 0 Å². The molecule has 0 saturated carbocycles. The highest BCUT2D eigenvalue weighted by Crippen LogP contribution is 2.49. The summed E-state index contributed by atoms with van der Waals surface area (Å²) in [7, 11) is 0. The number of esters is 2. The zero-order valence-electron chi connectivity index (χ0n) is 30.6. The topological polar surface area (TPSA) is 166 Å². The third-order valence-corrected chi connectivity index (χ3v) is 6.69. The minimum absolute atomic E-state index is 0.0897. The lowest BCUT2D eigenvalue weighted by Crippen LogP contribution is -2.38. The number of benzene rings is 2. The summed E-state index contributed by atoms with van der Waals surface area (Å²) in [4.78, 5) is 46.8. The van der Waals surface area contributed by atoms with Gasteiger partial charge in [-0.05, 0) is 90.1 Å². The first-order valence-electron chi connectivity index (χ1n) is 16.4. The second-order valence-electron chi connectivity index (χ2n) is 11.5. The van der Waals surface area contributed by atoms with E-state index in [2.05, 4.69) is 23.8 Å². The van der Waals surface area contributed by atoms with Crippen LogP contribution in [-0.2, 0) is 49.9 Å². The first kappa shape index (κ1) is 44.8. The van der Waals surface area contributed by atoms with E-state index in [9.17, 15) is 19.2 Å². The summed E-state index contributed by atoms with van der Waals surface area (Å²) in [5.74, 6) is -10.4. The summed E-state index contributed by atoms with van der Waals surface area (Å²) >= 11 is 0. The van der Waals surface area contributed by atoms with Crippen LogP contribution in [0.2, 0.25) is 0 Å². The molecule has 0 aliphatic carbocycles. The average Bonchev–Trinajstić information content (AvgIpc) is 3.08. The molecule has 0 aliphatic rings. The van der Waals surface area contributed by atoms with Gasteiger partial charge in [0, 0.05) is 22.3 Å². The fourth-order valence-electron chi connectivity index (χ4n) is 3.98. The second-order valence-corrected chi connectivity index (χ2v) is 11.5. The fraction of sp³-hybridized carbons (Fsp3) is 0.444. The molecule has 54 heavy (non-hydrogen) atoms. The average molecular weight is 773 g/mol. The third kappa shape index (κ3) is 14.6. The number of rotatable bonds is 21. The van der Waals surface area contributed by atoms with E-state index in [4.69, 9.17) is 37.9 Å². The van der Waals surface area contributed by atoms with Crippen LogP contribution in [0.1, 0.15) is 52.7 Å². The van der Waals surface area contributed by atoms with E-state index in [-0.39, 0.29) is 49.1 Å². The summed E-state index contributed by atoms with van der Waals surface area (Å²) in [6.45, 7) is 15.0. The van der Waals surface area contributed by atoms with Crippen LogP contribution in [0.25, 0.3) is 0 Å². The molecule has 0 bridgehead atoms. The van der Waals surface area contributed by atoms with Crippen LogP contribution in [0, 0.1) is 0 Å². The maximum absolute atomic E-state index is 15.1. The minimum Gasteiger partial charge on any atom is -0.491 e. The van der Waals surface area contributed by atoms with E-state index < -0.39 is 72.1 Å². The largest absolute Gasteiger partial charge is 0.491 e. The van der Waals surface area contributed by atoms with Gasteiger partial charge in [0.05, 0.1) is 13.2 Å². The van der Waals surface area contributed by atoms with E-state index >= 15 is 17.6 Å². The molecular weight excluding hydrogens is 728 g/mol. The van der Waals surface area contributed by atoms with Crippen LogP contribution in [0.3, 0.4) is 0 Å². The third-order valence-electron chi connectivity index (χ3n) is 6.69. The predicted molar refractivity (Wildman–Crippen MR) is 182 cm³/mol. The highest BCUT2D eigenvalue weighted by Gasteiger charge is 2.58. The highest BCUT2D eigenvalue weighted by atomic mass is 19.3. The number of hydrogen-bond donors (Lipinski definition) is 2. The summed E-state index contributed by atoms with van der Waals surface area (Å²) in [5.41, 5.74) is -1.63. The lowest BCUT2D eigenvalue weighted by atomic mass is 9.96. The zero-order chi connectivity index (χ0) is 40.6. The Balaban J connectivity index is 1.78. The van der Waals surface area contributed by atoms with Gasteiger partial charge in [-0.25, -0.2) is 19.2 Å². The molecule has 14 nitrogen and oxygen atoms in total. The van der Waals surface area contributed by atoms with Crippen molar-refractivity contribution >= 4 is 24.1 Å². The minimum atomic E-state index is -4.61. The summed E-state index contributed by atoms with van der Waals surface area (Å²) < 4.78 is 102. The molecule has 18 heteroatoms. The SMILES string of the molecule is C=C(C)C(=O)OC(C)NC(=O)OC(C)OCCOc1ccc(C(F)(F)C(F)(F)c2ccc(OCCOC(C)OC(=O)NC(C)OC(=O)C(=C)C)cc2)cc1.